The van der Waals surface area contributed by atoms with Crippen LogP contribution in [0.25, 0.3) is 5.82 Å². The first-order valence-electron chi connectivity index (χ1n) is 8.03. The zero-order valence-electron chi connectivity index (χ0n) is 13.9. The van der Waals surface area contributed by atoms with Gasteiger partial charge in [0.25, 0.3) is 5.91 Å². The number of rotatable bonds is 2. The van der Waals surface area contributed by atoms with Crippen LogP contribution in [-0.4, -0.2) is 31.2 Å². The molecule has 1 fully saturated rings. The van der Waals surface area contributed by atoms with E-state index < -0.39 is 5.54 Å². The fourth-order valence-electron chi connectivity index (χ4n) is 3.36. The van der Waals surface area contributed by atoms with Gasteiger partial charge in [0.15, 0.2) is 11.9 Å². The first-order chi connectivity index (χ1) is 11.3. The summed E-state index contributed by atoms with van der Waals surface area (Å²) >= 11 is 0. The van der Waals surface area contributed by atoms with Crippen LogP contribution in [0.5, 0.6) is 0 Å². The lowest BCUT2D eigenvalue weighted by molar-refractivity contribution is -0.605. The maximum atomic E-state index is 12.8. The van der Waals surface area contributed by atoms with Gasteiger partial charge >= 0.3 is 0 Å². The second-order valence-electron chi connectivity index (χ2n) is 7.55. The third-order valence-electron chi connectivity index (χ3n) is 4.79. The molecule has 0 unspecified atom stereocenters. The molecule has 8 heteroatoms. The first kappa shape index (κ1) is 15.1. The van der Waals surface area contributed by atoms with Crippen molar-refractivity contribution in [3.63, 3.8) is 0 Å². The lowest BCUT2D eigenvalue weighted by Crippen LogP contribution is -2.50. The lowest BCUT2D eigenvalue weighted by atomic mass is 10.1. The van der Waals surface area contributed by atoms with Crippen LogP contribution >= 0.6 is 0 Å². The second kappa shape index (κ2) is 4.76. The molecular formula is C16H20N6O2. The van der Waals surface area contributed by atoms with E-state index in [0.717, 1.165) is 24.1 Å². The van der Waals surface area contributed by atoms with Gasteiger partial charge in [-0.25, -0.2) is 15.5 Å². The van der Waals surface area contributed by atoms with Crippen LogP contribution in [0.1, 0.15) is 54.9 Å². The highest BCUT2D eigenvalue weighted by molar-refractivity contribution is 5.94. The smallest absolute Gasteiger partial charge is 0.289 e. The number of hydrogen-bond donors (Lipinski definition) is 1. The van der Waals surface area contributed by atoms with E-state index in [-0.39, 0.29) is 5.91 Å². The summed E-state index contributed by atoms with van der Waals surface area (Å²) < 4.78 is 2.33. The molecule has 0 radical (unpaired) electrons. The molecule has 24 heavy (non-hydrogen) atoms. The fourth-order valence-corrected chi connectivity index (χ4v) is 3.36. The highest BCUT2D eigenvalue weighted by Gasteiger charge is 2.51. The van der Waals surface area contributed by atoms with Crippen molar-refractivity contribution >= 4 is 5.91 Å². The zero-order chi connectivity index (χ0) is 17.2. The minimum absolute atomic E-state index is 0.301. The van der Waals surface area contributed by atoms with Gasteiger partial charge in [-0.15, -0.1) is 0 Å². The molecule has 0 bridgehead atoms. The molecule has 8 nitrogen and oxygen atoms in total. The van der Waals surface area contributed by atoms with Crippen LogP contribution in [0.15, 0.2) is 18.6 Å². The van der Waals surface area contributed by atoms with Crippen LogP contribution < -0.4 is 10.6 Å². The van der Waals surface area contributed by atoms with E-state index in [1.54, 1.807) is 4.68 Å². The average molecular weight is 328 g/mol. The summed E-state index contributed by atoms with van der Waals surface area (Å²) in [6, 6.07) is 0. The molecule has 2 aliphatic carbocycles. The molecule has 2 N–H and O–H groups in total. The number of amides is 1. The molecule has 0 aliphatic heterocycles. The standard InChI is InChI=1S/C16H20N6O2/c1-16(2,3)22(17)15(23)13-11-7-9-6-10(9)14(11)21(19-13)12-8-20(24)5-4-18-12/h4-5,8-10H,6-7,17H2,1-3H3/t9-,10-/m1/s1. The summed E-state index contributed by atoms with van der Waals surface area (Å²) in [6.07, 6.45) is 6.05. The Hall–Kier alpha value is -2.48. The van der Waals surface area contributed by atoms with E-state index in [1.807, 2.05) is 20.8 Å². The Labute approximate surface area is 139 Å². The van der Waals surface area contributed by atoms with Crippen LogP contribution in [0.2, 0.25) is 0 Å². The SMILES string of the molecule is CC(C)(C)N(N)C(=O)c1nn(-c2c[n+]([O-])ccn2)c2c1C[C@H]1C[C@@H]21. The Morgan fingerprint density at radius 1 is 1.50 bits per heavy atom. The molecule has 2 aliphatic rings. The lowest BCUT2D eigenvalue weighted by Gasteiger charge is -2.30. The minimum Gasteiger partial charge on any atom is -0.619 e. The van der Waals surface area contributed by atoms with Crippen molar-refractivity contribution < 1.29 is 9.52 Å². The molecule has 4 rings (SSSR count). The summed E-state index contributed by atoms with van der Waals surface area (Å²) in [4.78, 5) is 17.1. The highest BCUT2D eigenvalue weighted by atomic mass is 16.5. The molecule has 1 amide bonds. The zero-order valence-corrected chi connectivity index (χ0v) is 13.9. The normalized spacial score (nSPS) is 21.3. The van der Waals surface area contributed by atoms with E-state index in [9.17, 15) is 10.0 Å². The van der Waals surface area contributed by atoms with Gasteiger partial charge in [0.05, 0.1) is 17.4 Å². The number of hydrazine groups is 1. The van der Waals surface area contributed by atoms with Crippen LogP contribution in [-0.2, 0) is 6.42 Å². The third-order valence-corrected chi connectivity index (χ3v) is 4.79. The van der Waals surface area contributed by atoms with Gasteiger partial charge in [-0.2, -0.15) is 9.83 Å². The Morgan fingerprint density at radius 2 is 2.25 bits per heavy atom. The molecule has 0 saturated heterocycles. The van der Waals surface area contributed by atoms with Crippen LogP contribution in [0.3, 0.4) is 0 Å². The highest BCUT2D eigenvalue weighted by Crippen LogP contribution is 2.57. The van der Waals surface area contributed by atoms with E-state index >= 15 is 0 Å². The van der Waals surface area contributed by atoms with Gasteiger partial charge in [0, 0.05) is 11.5 Å². The van der Waals surface area contributed by atoms with Gasteiger partial charge in [-0.05, 0) is 39.5 Å². The largest absolute Gasteiger partial charge is 0.619 e. The number of carbonyl (C=O) groups excluding carboxylic acids is 1. The molecule has 0 spiro atoms. The molecule has 2 heterocycles. The van der Waals surface area contributed by atoms with Crippen molar-refractivity contribution in [1.82, 2.24) is 19.8 Å². The van der Waals surface area contributed by atoms with E-state index in [1.165, 1.54) is 23.6 Å². The van der Waals surface area contributed by atoms with Crippen molar-refractivity contribution in [2.75, 3.05) is 0 Å². The molecule has 2 aromatic heterocycles. The van der Waals surface area contributed by atoms with Gasteiger partial charge < -0.3 is 5.21 Å². The topological polar surface area (TPSA) is 104 Å². The third kappa shape index (κ3) is 2.17. The van der Waals surface area contributed by atoms with E-state index in [0.29, 0.717) is 28.1 Å². The maximum absolute atomic E-state index is 12.8. The number of nitrogens with zero attached hydrogens (tertiary/aromatic N) is 5. The van der Waals surface area contributed by atoms with Gasteiger partial charge in [0.1, 0.15) is 0 Å². The number of carbonyl (C=O) groups is 1. The van der Waals surface area contributed by atoms with Crippen molar-refractivity contribution in [3.8, 4) is 5.82 Å². The first-order valence-corrected chi connectivity index (χ1v) is 8.03. The summed E-state index contributed by atoms with van der Waals surface area (Å²) in [7, 11) is 0. The number of fused-ring (bicyclic) bond motifs is 3. The summed E-state index contributed by atoms with van der Waals surface area (Å²) in [5.41, 5.74) is 1.82. The van der Waals surface area contributed by atoms with E-state index in [4.69, 9.17) is 5.84 Å². The fraction of sp³-hybridized carbons (Fsp3) is 0.500. The monoisotopic (exact) mass is 328 g/mol. The Bertz CT molecular complexity index is 838. The number of hydrogen-bond acceptors (Lipinski definition) is 5. The van der Waals surface area contributed by atoms with Crippen molar-refractivity contribution in [3.05, 3.63) is 40.7 Å². The van der Waals surface area contributed by atoms with Crippen molar-refractivity contribution in [1.29, 1.82) is 0 Å². The summed E-state index contributed by atoms with van der Waals surface area (Å²) in [5.74, 6) is 7.10. The molecule has 0 aromatic carbocycles. The van der Waals surface area contributed by atoms with Crippen LogP contribution in [0, 0.1) is 11.1 Å². The Balaban J connectivity index is 1.82. The maximum Gasteiger partial charge on any atom is 0.289 e. The summed E-state index contributed by atoms with van der Waals surface area (Å²) in [6.45, 7) is 5.62. The van der Waals surface area contributed by atoms with Gasteiger partial charge in [-0.3, -0.25) is 9.80 Å². The molecule has 2 aromatic rings. The predicted molar refractivity (Wildman–Crippen MR) is 85.0 cm³/mol. The predicted octanol–water partition coefficient (Wildman–Crippen LogP) is 0.675. The Kier molecular flexibility index (Phi) is 2.99. The van der Waals surface area contributed by atoms with Gasteiger partial charge in [-0.1, -0.05) is 0 Å². The molecule has 1 saturated carbocycles. The van der Waals surface area contributed by atoms with Gasteiger partial charge in [0.2, 0.25) is 12.0 Å². The van der Waals surface area contributed by atoms with E-state index in [2.05, 4.69) is 10.1 Å². The molecular weight excluding hydrogens is 308 g/mol. The molecule has 2 atom stereocenters. The second-order valence-corrected chi connectivity index (χ2v) is 7.55. The number of nitrogens with two attached hydrogens (primary N) is 1. The quantitative estimate of drug-likeness (QED) is 0.287. The minimum atomic E-state index is -0.502. The van der Waals surface area contributed by atoms with Crippen molar-refractivity contribution in [2.45, 2.75) is 45.1 Å². The van der Waals surface area contributed by atoms with Crippen molar-refractivity contribution in [2.24, 2.45) is 11.8 Å². The average Bonchev–Trinajstić information content (AvgIpc) is 3.01. The summed E-state index contributed by atoms with van der Waals surface area (Å²) in [5, 5.41) is 17.3. The van der Waals surface area contributed by atoms with Crippen LogP contribution in [0.4, 0.5) is 0 Å². The number of aromatic nitrogens is 4. The Morgan fingerprint density at radius 3 is 2.92 bits per heavy atom. The molecule has 126 valence electrons.